The lowest BCUT2D eigenvalue weighted by Crippen LogP contribution is -2.28. The summed E-state index contributed by atoms with van der Waals surface area (Å²) in [6, 6.07) is 14.3. The molecule has 3 aromatic rings. The molecule has 24 heavy (non-hydrogen) atoms. The van der Waals surface area contributed by atoms with Gasteiger partial charge in [0.1, 0.15) is 0 Å². The van der Waals surface area contributed by atoms with Crippen molar-refractivity contribution < 1.29 is 4.79 Å². The molecule has 0 saturated heterocycles. The number of hydrogen-bond donors (Lipinski definition) is 2. The number of amides is 2. The van der Waals surface area contributed by atoms with Gasteiger partial charge in [0, 0.05) is 41.4 Å². The maximum atomic E-state index is 12.0. The van der Waals surface area contributed by atoms with E-state index < -0.39 is 0 Å². The number of nitrogens with zero attached hydrogens (tertiary/aromatic N) is 2. The minimum absolute atomic E-state index is 0.294. The second-order valence-corrected chi connectivity index (χ2v) is 5.55. The van der Waals surface area contributed by atoms with Gasteiger partial charge >= 0.3 is 6.03 Å². The van der Waals surface area contributed by atoms with Gasteiger partial charge in [-0.1, -0.05) is 17.7 Å². The van der Waals surface area contributed by atoms with E-state index in [1.807, 2.05) is 24.3 Å². The van der Waals surface area contributed by atoms with Crippen LogP contribution in [0.5, 0.6) is 0 Å². The van der Waals surface area contributed by atoms with Gasteiger partial charge in [-0.3, -0.25) is 9.97 Å². The monoisotopic (exact) mass is 338 g/mol. The Morgan fingerprint density at radius 3 is 2.79 bits per heavy atom. The Labute approximate surface area is 144 Å². The van der Waals surface area contributed by atoms with Crippen molar-refractivity contribution in [2.45, 2.75) is 6.54 Å². The molecule has 0 unspecified atom stereocenters. The lowest BCUT2D eigenvalue weighted by molar-refractivity contribution is 0.251. The summed E-state index contributed by atoms with van der Waals surface area (Å²) in [4.78, 5) is 20.4. The largest absolute Gasteiger partial charge is 0.334 e. The highest BCUT2D eigenvalue weighted by atomic mass is 35.5. The van der Waals surface area contributed by atoms with Crippen LogP contribution in [0.25, 0.3) is 11.3 Å². The zero-order valence-corrected chi connectivity index (χ0v) is 13.5. The predicted molar refractivity (Wildman–Crippen MR) is 94.8 cm³/mol. The van der Waals surface area contributed by atoms with Crippen molar-refractivity contribution in [1.82, 2.24) is 15.3 Å². The molecule has 6 heteroatoms. The lowest BCUT2D eigenvalue weighted by atomic mass is 10.1. The van der Waals surface area contributed by atoms with Gasteiger partial charge in [0.05, 0.1) is 5.69 Å². The number of halogens is 1. The first-order valence-electron chi connectivity index (χ1n) is 7.36. The minimum atomic E-state index is -0.294. The van der Waals surface area contributed by atoms with Crippen LogP contribution in [0.3, 0.4) is 0 Å². The summed E-state index contributed by atoms with van der Waals surface area (Å²) in [5, 5.41) is 6.12. The van der Waals surface area contributed by atoms with Gasteiger partial charge in [-0.25, -0.2) is 4.79 Å². The zero-order chi connectivity index (χ0) is 16.8. The second-order valence-electron chi connectivity index (χ2n) is 5.11. The quantitative estimate of drug-likeness (QED) is 0.752. The summed E-state index contributed by atoms with van der Waals surface area (Å²) in [5.41, 5.74) is 3.34. The van der Waals surface area contributed by atoms with Crippen LogP contribution in [0.1, 0.15) is 5.56 Å². The maximum absolute atomic E-state index is 12.0. The third-order valence-corrected chi connectivity index (χ3v) is 3.55. The number of nitrogens with one attached hydrogen (secondary N) is 2. The van der Waals surface area contributed by atoms with E-state index in [4.69, 9.17) is 11.6 Å². The molecule has 0 bridgehead atoms. The molecule has 3 rings (SSSR count). The molecule has 0 aliphatic heterocycles. The third kappa shape index (κ3) is 4.30. The van der Waals surface area contributed by atoms with Crippen molar-refractivity contribution in [1.29, 1.82) is 0 Å². The summed E-state index contributed by atoms with van der Waals surface area (Å²) < 4.78 is 0. The molecule has 1 aromatic carbocycles. The Bertz CT molecular complexity index is 839. The highest BCUT2D eigenvalue weighted by molar-refractivity contribution is 6.30. The summed E-state index contributed by atoms with van der Waals surface area (Å²) in [6.45, 7) is 0.391. The van der Waals surface area contributed by atoms with E-state index in [0.29, 0.717) is 17.3 Å². The molecule has 0 saturated carbocycles. The van der Waals surface area contributed by atoms with Crippen LogP contribution >= 0.6 is 11.6 Å². The van der Waals surface area contributed by atoms with Gasteiger partial charge in [0.15, 0.2) is 0 Å². The molecule has 2 N–H and O–H groups in total. The van der Waals surface area contributed by atoms with Crippen LogP contribution < -0.4 is 10.6 Å². The number of pyridine rings is 2. The number of rotatable bonds is 4. The predicted octanol–water partition coefficient (Wildman–Crippen LogP) is 4.12. The van der Waals surface area contributed by atoms with Crippen molar-refractivity contribution in [2.75, 3.05) is 5.32 Å². The standard InChI is InChI=1S/C18H15ClN4O/c19-15-4-1-5-16(10-15)23-18(24)22-11-13-6-8-21-17(9-13)14-3-2-7-20-12-14/h1-10,12H,11H2,(H2,22,23,24). The van der Waals surface area contributed by atoms with Crippen LogP contribution in [-0.2, 0) is 6.54 Å². The summed E-state index contributed by atoms with van der Waals surface area (Å²) in [7, 11) is 0. The molecule has 5 nitrogen and oxygen atoms in total. The molecule has 2 heterocycles. The van der Waals surface area contributed by atoms with E-state index in [-0.39, 0.29) is 6.03 Å². The smallest absolute Gasteiger partial charge is 0.319 e. The Kier molecular flexibility index (Phi) is 5.03. The van der Waals surface area contributed by atoms with Gasteiger partial charge < -0.3 is 10.6 Å². The van der Waals surface area contributed by atoms with Crippen LogP contribution in [0.15, 0.2) is 67.1 Å². The Hall–Kier alpha value is -2.92. The van der Waals surface area contributed by atoms with Crippen LogP contribution in [0.2, 0.25) is 5.02 Å². The average molecular weight is 339 g/mol. The molecule has 0 aliphatic carbocycles. The first-order chi connectivity index (χ1) is 11.7. The second kappa shape index (κ2) is 7.57. The minimum Gasteiger partial charge on any atom is -0.334 e. The van der Waals surface area contributed by atoms with E-state index in [1.54, 1.807) is 42.9 Å². The molecule has 0 atom stereocenters. The molecular formula is C18H15ClN4O. The molecule has 0 spiro atoms. The maximum Gasteiger partial charge on any atom is 0.319 e. The molecule has 120 valence electrons. The first kappa shape index (κ1) is 16.0. The Morgan fingerprint density at radius 2 is 2.00 bits per heavy atom. The SMILES string of the molecule is O=C(NCc1ccnc(-c2cccnc2)c1)Nc1cccc(Cl)c1. The molecule has 0 fully saturated rings. The van der Waals surface area contributed by atoms with E-state index >= 15 is 0 Å². The van der Waals surface area contributed by atoms with Crippen LogP contribution in [0, 0.1) is 0 Å². The van der Waals surface area contributed by atoms with E-state index in [1.165, 1.54) is 0 Å². The number of anilines is 1. The van der Waals surface area contributed by atoms with Crippen molar-refractivity contribution in [3.05, 3.63) is 77.7 Å². The topological polar surface area (TPSA) is 66.9 Å². The van der Waals surface area contributed by atoms with Gasteiger partial charge in [0.2, 0.25) is 0 Å². The van der Waals surface area contributed by atoms with Crippen LogP contribution in [-0.4, -0.2) is 16.0 Å². The summed E-state index contributed by atoms with van der Waals surface area (Å²) in [5.74, 6) is 0. The zero-order valence-electron chi connectivity index (χ0n) is 12.7. The Balaban J connectivity index is 1.61. The number of hydrogen-bond acceptors (Lipinski definition) is 3. The fraction of sp³-hybridized carbons (Fsp3) is 0.0556. The molecular weight excluding hydrogens is 324 g/mol. The van der Waals surface area contributed by atoms with Gasteiger partial charge in [0.25, 0.3) is 0 Å². The molecule has 2 amide bonds. The van der Waals surface area contributed by atoms with E-state index in [2.05, 4.69) is 20.6 Å². The van der Waals surface area contributed by atoms with Crippen molar-refractivity contribution in [3.63, 3.8) is 0 Å². The van der Waals surface area contributed by atoms with Crippen molar-refractivity contribution >= 4 is 23.3 Å². The van der Waals surface area contributed by atoms with E-state index in [0.717, 1.165) is 16.8 Å². The number of benzene rings is 1. The highest BCUT2D eigenvalue weighted by Crippen LogP contribution is 2.17. The summed E-state index contributed by atoms with van der Waals surface area (Å²) >= 11 is 5.89. The van der Waals surface area contributed by atoms with Gasteiger partial charge in [-0.15, -0.1) is 0 Å². The fourth-order valence-corrected chi connectivity index (χ4v) is 2.37. The highest BCUT2D eigenvalue weighted by Gasteiger charge is 2.04. The fourth-order valence-electron chi connectivity index (χ4n) is 2.18. The normalized spacial score (nSPS) is 10.2. The van der Waals surface area contributed by atoms with Gasteiger partial charge in [-0.05, 0) is 48.0 Å². The number of urea groups is 1. The van der Waals surface area contributed by atoms with Crippen molar-refractivity contribution in [2.24, 2.45) is 0 Å². The lowest BCUT2D eigenvalue weighted by Gasteiger charge is -2.09. The van der Waals surface area contributed by atoms with Gasteiger partial charge in [-0.2, -0.15) is 0 Å². The van der Waals surface area contributed by atoms with E-state index in [9.17, 15) is 4.79 Å². The molecule has 2 aromatic heterocycles. The average Bonchev–Trinajstić information content (AvgIpc) is 2.61. The van der Waals surface area contributed by atoms with Crippen molar-refractivity contribution in [3.8, 4) is 11.3 Å². The first-order valence-corrected chi connectivity index (χ1v) is 7.74. The molecule has 0 aliphatic rings. The number of aromatic nitrogens is 2. The number of carbonyl (C=O) groups excluding carboxylic acids is 1. The molecule has 0 radical (unpaired) electrons. The Morgan fingerprint density at radius 1 is 1.08 bits per heavy atom. The third-order valence-electron chi connectivity index (χ3n) is 3.32. The summed E-state index contributed by atoms with van der Waals surface area (Å²) in [6.07, 6.45) is 5.19. The van der Waals surface area contributed by atoms with Crippen LogP contribution in [0.4, 0.5) is 10.5 Å². The number of carbonyl (C=O) groups is 1.